The highest BCUT2D eigenvalue weighted by atomic mass is 32.1. The number of hydrogen-bond acceptors (Lipinski definition) is 4. The summed E-state index contributed by atoms with van der Waals surface area (Å²) in [6.45, 7) is 4.74. The number of benzene rings is 1. The molecule has 1 aromatic carbocycles. The lowest BCUT2D eigenvalue weighted by atomic mass is 10.2. The molecule has 0 saturated carbocycles. The van der Waals surface area contributed by atoms with Gasteiger partial charge in [-0.2, -0.15) is 0 Å². The second-order valence-electron chi connectivity index (χ2n) is 4.58. The quantitative estimate of drug-likeness (QED) is 0.904. The summed E-state index contributed by atoms with van der Waals surface area (Å²) < 4.78 is 6.14. The zero-order valence-corrected chi connectivity index (χ0v) is 12.0. The van der Waals surface area contributed by atoms with E-state index in [4.69, 9.17) is 4.74 Å². The molecule has 0 unspecified atom stereocenters. The third kappa shape index (κ3) is 3.57. The van der Waals surface area contributed by atoms with Crippen molar-refractivity contribution in [3.63, 3.8) is 0 Å². The van der Waals surface area contributed by atoms with Gasteiger partial charge >= 0.3 is 6.03 Å². The second-order valence-corrected chi connectivity index (χ2v) is 5.61. The van der Waals surface area contributed by atoms with E-state index in [9.17, 15) is 4.79 Å². The van der Waals surface area contributed by atoms with E-state index in [1.165, 1.54) is 11.3 Å². The summed E-state index contributed by atoms with van der Waals surface area (Å²) in [5, 5.41) is 6.12. The van der Waals surface area contributed by atoms with E-state index in [1.54, 1.807) is 7.11 Å². The molecule has 2 aromatic rings. The average Bonchev–Trinajstić information content (AvgIpc) is 2.77. The molecule has 0 spiro atoms. The summed E-state index contributed by atoms with van der Waals surface area (Å²) in [7, 11) is 1.63. The Morgan fingerprint density at radius 2 is 2.26 bits per heavy atom. The van der Waals surface area contributed by atoms with Crippen LogP contribution in [-0.2, 0) is 0 Å². The Balaban J connectivity index is 2.06. The van der Waals surface area contributed by atoms with E-state index in [0.717, 1.165) is 16.0 Å². The molecule has 5 nitrogen and oxygen atoms in total. The van der Waals surface area contributed by atoms with Crippen molar-refractivity contribution < 1.29 is 9.53 Å². The Hall–Kier alpha value is -1.82. The van der Waals surface area contributed by atoms with Crippen molar-refractivity contribution in [2.45, 2.75) is 13.8 Å². The highest BCUT2D eigenvalue weighted by Gasteiger charge is 2.08. The number of nitrogens with zero attached hydrogens (tertiary/aromatic N) is 1. The van der Waals surface area contributed by atoms with Crippen molar-refractivity contribution in [3.05, 3.63) is 18.2 Å². The number of methoxy groups -OCH3 is 1. The van der Waals surface area contributed by atoms with E-state index in [0.29, 0.717) is 17.6 Å². The maximum Gasteiger partial charge on any atom is 0.321 e. The summed E-state index contributed by atoms with van der Waals surface area (Å²) in [6.07, 6.45) is 0. The minimum atomic E-state index is -0.222. The smallest absolute Gasteiger partial charge is 0.321 e. The van der Waals surface area contributed by atoms with Crippen molar-refractivity contribution in [3.8, 4) is 5.75 Å². The molecule has 19 heavy (non-hydrogen) atoms. The predicted molar refractivity (Wildman–Crippen MR) is 78.0 cm³/mol. The van der Waals surface area contributed by atoms with Crippen LogP contribution < -0.4 is 15.4 Å². The van der Waals surface area contributed by atoms with Crippen LogP contribution in [0.1, 0.15) is 13.8 Å². The van der Waals surface area contributed by atoms with Crippen LogP contribution >= 0.6 is 11.3 Å². The van der Waals surface area contributed by atoms with Gasteiger partial charge in [0.1, 0.15) is 5.75 Å². The van der Waals surface area contributed by atoms with Gasteiger partial charge in [0.15, 0.2) is 5.13 Å². The van der Waals surface area contributed by atoms with Crippen LogP contribution in [0.3, 0.4) is 0 Å². The molecule has 0 aliphatic heterocycles. The Morgan fingerprint density at radius 3 is 2.95 bits per heavy atom. The molecule has 0 fully saturated rings. The number of anilines is 1. The summed E-state index contributed by atoms with van der Waals surface area (Å²) >= 11 is 1.43. The fraction of sp³-hybridized carbons (Fsp3) is 0.385. The first-order valence-electron chi connectivity index (χ1n) is 6.08. The normalized spacial score (nSPS) is 10.7. The molecule has 1 heterocycles. The number of ether oxygens (including phenoxy) is 1. The maximum atomic E-state index is 11.6. The van der Waals surface area contributed by atoms with Gasteiger partial charge in [-0.15, -0.1) is 0 Å². The summed E-state index contributed by atoms with van der Waals surface area (Å²) in [6, 6.07) is 5.41. The molecule has 0 bridgehead atoms. The van der Waals surface area contributed by atoms with E-state index in [1.807, 2.05) is 32.0 Å². The Bertz CT molecular complexity index is 580. The van der Waals surface area contributed by atoms with Crippen LogP contribution in [0.15, 0.2) is 18.2 Å². The van der Waals surface area contributed by atoms with E-state index in [2.05, 4.69) is 15.6 Å². The van der Waals surface area contributed by atoms with Crippen LogP contribution in [0.2, 0.25) is 0 Å². The van der Waals surface area contributed by atoms with Gasteiger partial charge in [-0.3, -0.25) is 5.32 Å². The summed E-state index contributed by atoms with van der Waals surface area (Å²) in [5.41, 5.74) is 0.852. The van der Waals surface area contributed by atoms with Crippen LogP contribution in [0.4, 0.5) is 9.93 Å². The molecule has 6 heteroatoms. The first-order chi connectivity index (χ1) is 9.08. The zero-order chi connectivity index (χ0) is 13.8. The van der Waals surface area contributed by atoms with Crippen molar-refractivity contribution in [1.82, 2.24) is 10.3 Å². The molecule has 2 rings (SSSR count). The third-order valence-electron chi connectivity index (χ3n) is 2.49. The van der Waals surface area contributed by atoms with E-state index >= 15 is 0 Å². The van der Waals surface area contributed by atoms with Gasteiger partial charge in [0.05, 0.1) is 17.3 Å². The Labute approximate surface area is 116 Å². The van der Waals surface area contributed by atoms with Gasteiger partial charge < -0.3 is 10.1 Å². The predicted octanol–water partition coefficient (Wildman–Crippen LogP) is 3.08. The molecule has 102 valence electrons. The molecule has 2 N–H and O–H groups in total. The molecule has 0 aliphatic carbocycles. The van der Waals surface area contributed by atoms with Gasteiger partial charge in [0.25, 0.3) is 0 Å². The molecule has 2 amide bonds. The topological polar surface area (TPSA) is 63.2 Å². The lowest BCUT2D eigenvalue weighted by Gasteiger charge is -2.06. The van der Waals surface area contributed by atoms with Crippen LogP contribution in [0.5, 0.6) is 5.75 Å². The Morgan fingerprint density at radius 1 is 1.47 bits per heavy atom. The number of nitrogens with one attached hydrogen (secondary N) is 2. The standard InChI is InChI=1S/C13H17N3O2S/c1-8(2)7-14-12(17)16-13-15-10-5-4-9(18-3)6-11(10)19-13/h4-6,8H,7H2,1-3H3,(H2,14,15,16,17). The van der Waals surface area contributed by atoms with Crippen LogP contribution in [-0.4, -0.2) is 24.7 Å². The Kier molecular flexibility index (Phi) is 4.21. The largest absolute Gasteiger partial charge is 0.497 e. The zero-order valence-electron chi connectivity index (χ0n) is 11.2. The first-order valence-corrected chi connectivity index (χ1v) is 6.89. The molecular weight excluding hydrogens is 262 g/mol. The third-order valence-corrected chi connectivity index (χ3v) is 3.42. The number of urea groups is 1. The fourth-order valence-corrected chi connectivity index (χ4v) is 2.41. The van der Waals surface area contributed by atoms with Crippen molar-refractivity contribution in [2.75, 3.05) is 19.0 Å². The molecule has 0 saturated heterocycles. The molecular formula is C13H17N3O2S. The second kappa shape index (κ2) is 5.88. The first kappa shape index (κ1) is 13.6. The number of carbonyl (C=O) groups excluding carboxylic acids is 1. The van der Waals surface area contributed by atoms with E-state index in [-0.39, 0.29) is 6.03 Å². The number of amides is 2. The lowest BCUT2D eigenvalue weighted by molar-refractivity contribution is 0.251. The lowest BCUT2D eigenvalue weighted by Crippen LogP contribution is -2.31. The number of thiazole rings is 1. The number of hydrogen-bond donors (Lipinski definition) is 2. The molecule has 0 atom stereocenters. The minimum absolute atomic E-state index is 0.222. The maximum absolute atomic E-state index is 11.6. The summed E-state index contributed by atoms with van der Waals surface area (Å²) in [4.78, 5) is 16.0. The number of carbonyl (C=O) groups is 1. The van der Waals surface area contributed by atoms with E-state index < -0.39 is 0 Å². The van der Waals surface area contributed by atoms with Crippen molar-refractivity contribution >= 4 is 32.7 Å². The highest BCUT2D eigenvalue weighted by molar-refractivity contribution is 7.22. The van der Waals surface area contributed by atoms with Crippen LogP contribution in [0.25, 0.3) is 10.2 Å². The fourth-order valence-electron chi connectivity index (χ4n) is 1.52. The van der Waals surface area contributed by atoms with Gasteiger partial charge in [0, 0.05) is 6.54 Å². The highest BCUT2D eigenvalue weighted by Crippen LogP contribution is 2.28. The molecule has 0 aliphatic rings. The van der Waals surface area contributed by atoms with Crippen LogP contribution in [0, 0.1) is 5.92 Å². The van der Waals surface area contributed by atoms with Gasteiger partial charge in [-0.05, 0) is 24.1 Å². The molecule has 1 aromatic heterocycles. The van der Waals surface area contributed by atoms with Crippen molar-refractivity contribution in [1.29, 1.82) is 0 Å². The van der Waals surface area contributed by atoms with Gasteiger partial charge in [-0.25, -0.2) is 9.78 Å². The van der Waals surface area contributed by atoms with Crippen molar-refractivity contribution in [2.24, 2.45) is 5.92 Å². The van der Waals surface area contributed by atoms with Gasteiger partial charge in [-0.1, -0.05) is 25.2 Å². The number of fused-ring (bicyclic) bond motifs is 1. The minimum Gasteiger partial charge on any atom is -0.497 e. The number of aromatic nitrogens is 1. The summed E-state index contributed by atoms with van der Waals surface area (Å²) in [5.74, 6) is 1.21. The molecule has 0 radical (unpaired) electrons. The SMILES string of the molecule is COc1ccc2nc(NC(=O)NCC(C)C)sc2c1. The van der Waals surface area contributed by atoms with Gasteiger partial charge in [0.2, 0.25) is 0 Å². The average molecular weight is 279 g/mol. The monoisotopic (exact) mass is 279 g/mol. The number of rotatable bonds is 4.